The molecule has 2 heterocycles. The number of aliphatic hydroxyl groups is 4. The quantitative estimate of drug-likeness (QED) is 0.0837. The van der Waals surface area contributed by atoms with Gasteiger partial charge in [-0.25, -0.2) is 0 Å². The summed E-state index contributed by atoms with van der Waals surface area (Å²) >= 11 is 1.67. The average molecular weight is 652 g/mol. The van der Waals surface area contributed by atoms with Gasteiger partial charge in [-0.15, -0.1) is 0 Å². The van der Waals surface area contributed by atoms with Crippen molar-refractivity contribution in [2.75, 3.05) is 18.1 Å². The van der Waals surface area contributed by atoms with Gasteiger partial charge in [-0.1, -0.05) is 64.7 Å². The number of unbranched alkanes of at least 4 members (excludes halogenated alkanes) is 9. The molecule has 44 heavy (non-hydrogen) atoms. The molecule has 3 aliphatic rings. The first-order valence-electron chi connectivity index (χ1n) is 16.7. The molecule has 0 spiro atoms. The molecule has 14 N–H and O–H groups in total. The maximum absolute atomic E-state index is 11.3. The molecule has 1 aliphatic carbocycles. The van der Waals surface area contributed by atoms with Gasteiger partial charge in [0.2, 0.25) is 0 Å². The van der Waals surface area contributed by atoms with Crippen LogP contribution in [0, 0.1) is 0 Å². The summed E-state index contributed by atoms with van der Waals surface area (Å²) < 4.78 is 23.9. The van der Waals surface area contributed by atoms with Crippen LogP contribution in [0.1, 0.15) is 84.0 Å². The summed E-state index contributed by atoms with van der Waals surface area (Å²) in [6.07, 6.45) is 3.13. The highest BCUT2D eigenvalue weighted by Gasteiger charge is 2.50. The fourth-order valence-electron chi connectivity index (χ4n) is 6.31. The Hall–Kier alpha value is -0.170. The molecule has 13 nitrogen and oxygen atoms in total. The minimum absolute atomic E-state index is 0.0748. The van der Waals surface area contributed by atoms with Crippen molar-refractivity contribution in [1.29, 1.82) is 0 Å². The van der Waals surface area contributed by atoms with Crippen LogP contribution in [0.2, 0.25) is 0 Å². The van der Waals surface area contributed by atoms with Crippen molar-refractivity contribution in [2.45, 2.75) is 170 Å². The summed E-state index contributed by atoms with van der Waals surface area (Å²) in [7, 11) is 0. The predicted molar refractivity (Wildman–Crippen MR) is 170 cm³/mol. The van der Waals surface area contributed by atoms with Gasteiger partial charge >= 0.3 is 0 Å². The molecule has 1 saturated carbocycles. The monoisotopic (exact) mass is 651 g/mol. The zero-order valence-electron chi connectivity index (χ0n) is 26.4. The van der Waals surface area contributed by atoms with E-state index in [0.717, 1.165) is 12.2 Å². The molecule has 0 radical (unpaired) electrons. The van der Waals surface area contributed by atoms with Crippen molar-refractivity contribution in [2.24, 2.45) is 28.7 Å². The van der Waals surface area contributed by atoms with Crippen molar-refractivity contribution in [3.63, 3.8) is 0 Å². The van der Waals surface area contributed by atoms with Gasteiger partial charge in [-0.2, -0.15) is 11.8 Å². The lowest BCUT2D eigenvalue weighted by molar-refractivity contribution is -0.309. The molecule has 0 aromatic rings. The second kappa shape index (κ2) is 19.6. The number of aliphatic hydroxyl groups excluding tert-OH is 4. The van der Waals surface area contributed by atoms with Crippen LogP contribution in [-0.2, 0) is 18.9 Å². The third-order valence-electron chi connectivity index (χ3n) is 9.16. The van der Waals surface area contributed by atoms with Gasteiger partial charge in [0.05, 0.1) is 36.5 Å². The first-order valence-corrected chi connectivity index (χ1v) is 17.9. The number of nitrogens with two attached hydrogens (primary N) is 5. The van der Waals surface area contributed by atoms with Crippen molar-refractivity contribution < 1.29 is 39.4 Å². The maximum Gasteiger partial charge on any atom is 0.186 e. The van der Waals surface area contributed by atoms with Crippen LogP contribution in [0.4, 0.5) is 0 Å². The first kappa shape index (κ1) is 38.3. The van der Waals surface area contributed by atoms with Crippen LogP contribution < -0.4 is 28.7 Å². The molecule has 0 unspecified atom stereocenters. The summed E-state index contributed by atoms with van der Waals surface area (Å²) in [4.78, 5) is 0. The molecule has 2 aliphatic heterocycles. The van der Waals surface area contributed by atoms with Gasteiger partial charge in [-0.05, 0) is 25.0 Å². The minimum Gasteiger partial charge on any atom is -0.390 e. The minimum atomic E-state index is -1.34. The molecule has 0 bridgehead atoms. The Balaban J connectivity index is 1.47. The average Bonchev–Trinajstić information content (AvgIpc) is 2.99. The van der Waals surface area contributed by atoms with Gasteiger partial charge in [0.1, 0.15) is 24.4 Å². The highest BCUT2D eigenvalue weighted by molar-refractivity contribution is 7.99. The van der Waals surface area contributed by atoms with Crippen LogP contribution in [0.5, 0.6) is 0 Å². The largest absolute Gasteiger partial charge is 0.390 e. The molecule has 14 atom stereocenters. The van der Waals surface area contributed by atoms with Crippen LogP contribution >= 0.6 is 11.8 Å². The molecule has 2 saturated heterocycles. The van der Waals surface area contributed by atoms with Gasteiger partial charge in [0.25, 0.3) is 0 Å². The van der Waals surface area contributed by atoms with Crippen molar-refractivity contribution in [1.82, 2.24) is 0 Å². The Morgan fingerprint density at radius 3 is 1.80 bits per heavy atom. The Morgan fingerprint density at radius 1 is 0.659 bits per heavy atom. The van der Waals surface area contributed by atoms with Gasteiger partial charge in [-0.3, -0.25) is 0 Å². The third kappa shape index (κ3) is 10.9. The second-order valence-electron chi connectivity index (χ2n) is 12.9. The van der Waals surface area contributed by atoms with E-state index in [1.165, 1.54) is 57.8 Å². The normalized spacial score (nSPS) is 41.6. The number of rotatable bonds is 18. The van der Waals surface area contributed by atoms with Crippen molar-refractivity contribution in [3.8, 4) is 0 Å². The molecule has 0 aromatic heterocycles. The van der Waals surface area contributed by atoms with Crippen molar-refractivity contribution >= 4 is 11.8 Å². The molecule has 260 valence electrons. The van der Waals surface area contributed by atoms with Crippen LogP contribution in [0.25, 0.3) is 0 Å². The topological polar surface area (TPSA) is 248 Å². The Kier molecular flexibility index (Phi) is 17.1. The van der Waals surface area contributed by atoms with E-state index in [1.807, 2.05) is 0 Å². The first-order chi connectivity index (χ1) is 21.1. The Morgan fingerprint density at radius 2 is 1.20 bits per heavy atom. The van der Waals surface area contributed by atoms with Gasteiger partial charge < -0.3 is 68.0 Å². The van der Waals surface area contributed by atoms with Crippen LogP contribution in [0.3, 0.4) is 0 Å². The van der Waals surface area contributed by atoms with E-state index in [4.69, 9.17) is 47.6 Å². The van der Waals surface area contributed by atoms with Crippen LogP contribution in [0.15, 0.2) is 0 Å². The lowest BCUT2D eigenvalue weighted by atomic mass is 9.84. The predicted octanol–water partition coefficient (Wildman–Crippen LogP) is -0.634. The van der Waals surface area contributed by atoms with Gasteiger partial charge in [0.15, 0.2) is 12.6 Å². The van der Waals surface area contributed by atoms with Crippen LogP contribution in [-0.4, -0.2) is 124 Å². The van der Waals surface area contributed by atoms with E-state index >= 15 is 0 Å². The standard InChI is InChI=1S/C30H61N5O8S/c1-2-3-4-5-6-7-8-9-10-11-12-44-16-22-24(37)23(35)25(38)30(41-22)43-28-18(33)13-17(32)27(26(28)39)42-29-19(34)14-20(36)21(15-31)40-29/h17-30,36-39H,2-16,31-35H2,1H3/t17-,18+,19+,20-,21+,22+,23-,24+,25+,26-,27+,28-,29+,30+/m0/s1. The molecule has 3 fully saturated rings. The van der Waals surface area contributed by atoms with E-state index in [-0.39, 0.29) is 19.4 Å². The lowest BCUT2D eigenvalue weighted by Crippen LogP contribution is -2.68. The second-order valence-corrected chi connectivity index (χ2v) is 14.0. The molecule has 0 aromatic carbocycles. The number of thioether (sulfide) groups is 1. The molecular weight excluding hydrogens is 590 g/mol. The number of hydrogen-bond donors (Lipinski definition) is 9. The summed E-state index contributed by atoms with van der Waals surface area (Å²) in [5.74, 6) is 1.42. The fraction of sp³-hybridized carbons (Fsp3) is 1.00. The third-order valence-corrected chi connectivity index (χ3v) is 10.3. The molecule has 3 rings (SSSR count). The Bertz CT molecular complexity index is 796. The summed E-state index contributed by atoms with van der Waals surface area (Å²) in [6.45, 7) is 2.31. The van der Waals surface area contributed by atoms with Crippen molar-refractivity contribution in [3.05, 3.63) is 0 Å². The van der Waals surface area contributed by atoms with E-state index < -0.39 is 85.6 Å². The summed E-state index contributed by atoms with van der Waals surface area (Å²) in [5, 5.41) is 42.9. The molecule has 0 amide bonds. The zero-order chi connectivity index (χ0) is 32.2. The maximum atomic E-state index is 11.3. The van der Waals surface area contributed by atoms with E-state index in [1.54, 1.807) is 11.8 Å². The summed E-state index contributed by atoms with van der Waals surface area (Å²) in [5.41, 5.74) is 30.7. The van der Waals surface area contributed by atoms with E-state index in [0.29, 0.717) is 5.75 Å². The van der Waals surface area contributed by atoms with E-state index in [2.05, 4.69) is 6.92 Å². The lowest BCUT2D eigenvalue weighted by Gasteiger charge is -2.48. The zero-order valence-corrected chi connectivity index (χ0v) is 27.2. The fourth-order valence-corrected chi connectivity index (χ4v) is 7.39. The van der Waals surface area contributed by atoms with Gasteiger partial charge in [0, 0.05) is 24.4 Å². The van der Waals surface area contributed by atoms with E-state index in [9.17, 15) is 20.4 Å². The SMILES string of the molecule is CCCCCCCCCCCCSC[C@H]1O[C@H](O[C@@H]2[C@@H](O)[C@H](O[C@H]3O[C@H](CN)[C@@H](O)C[C@H]3N)[C@@H](N)C[C@H]2N)[C@H](O)[C@@H](N)[C@@H]1O. The Labute approximate surface area is 267 Å². The molecule has 14 heteroatoms. The highest BCUT2D eigenvalue weighted by atomic mass is 32.2. The number of hydrogen-bond acceptors (Lipinski definition) is 14. The number of ether oxygens (including phenoxy) is 4. The smallest absolute Gasteiger partial charge is 0.186 e. The molecular formula is C30H61N5O8S. The highest BCUT2D eigenvalue weighted by Crippen LogP contribution is 2.31. The summed E-state index contributed by atoms with van der Waals surface area (Å²) in [6, 6.07) is -3.02.